The van der Waals surface area contributed by atoms with E-state index in [9.17, 15) is 14.9 Å². The van der Waals surface area contributed by atoms with Crippen LogP contribution in [-0.4, -0.2) is 41.8 Å². The highest BCUT2D eigenvalue weighted by molar-refractivity contribution is 6.17. The Morgan fingerprint density at radius 2 is 1.54 bits per heavy atom. The number of carbonyl (C=O) groups is 1. The zero-order chi connectivity index (χ0) is 28.0. The van der Waals surface area contributed by atoms with E-state index >= 15 is 0 Å². The first-order chi connectivity index (χ1) is 19.0. The van der Waals surface area contributed by atoms with E-state index in [0.29, 0.717) is 40.9 Å². The fraction of sp³-hybridized carbons (Fsp3) is 0.531. The van der Waals surface area contributed by atoms with Crippen LogP contribution in [-0.2, 0) is 6.42 Å². The molecule has 2 aromatic carbocycles. The number of aryl methyl sites for hydroxylation is 1. The van der Waals surface area contributed by atoms with Gasteiger partial charge in [0.15, 0.2) is 5.78 Å². The summed E-state index contributed by atoms with van der Waals surface area (Å²) in [6.07, 6.45) is 10.7. The summed E-state index contributed by atoms with van der Waals surface area (Å²) in [6.45, 7) is 10.8. The molecule has 0 unspecified atom stereocenters. The molecule has 0 spiro atoms. The van der Waals surface area contributed by atoms with Gasteiger partial charge in [0.05, 0.1) is 17.1 Å². The van der Waals surface area contributed by atoms with E-state index in [0.717, 1.165) is 38.0 Å². The summed E-state index contributed by atoms with van der Waals surface area (Å²) in [4.78, 5) is 27.0. The molecule has 0 N–H and O–H groups in total. The molecule has 7 nitrogen and oxygen atoms in total. The van der Waals surface area contributed by atoms with Gasteiger partial charge in [-0.2, -0.15) is 0 Å². The maximum atomic E-state index is 13.5. The van der Waals surface area contributed by atoms with Crippen molar-refractivity contribution >= 4 is 22.4 Å². The molecule has 3 aromatic rings. The van der Waals surface area contributed by atoms with Crippen LogP contribution in [0.4, 0.5) is 5.69 Å². The number of furan rings is 1. The van der Waals surface area contributed by atoms with Crippen LogP contribution in [0, 0.1) is 10.1 Å². The van der Waals surface area contributed by atoms with Crippen molar-refractivity contribution in [3.63, 3.8) is 0 Å². The smallest absolute Gasteiger partial charge is 0.270 e. The topological polar surface area (TPSA) is 85.8 Å². The number of nitro benzene ring substituents is 1. The summed E-state index contributed by atoms with van der Waals surface area (Å²) in [5.74, 6) is 1.13. The molecule has 0 aliphatic heterocycles. The van der Waals surface area contributed by atoms with E-state index in [4.69, 9.17) is 9.15 Å². The Hall–Kier alpha value is -3.19. The van der Waals surface area contributed by atoms with E-state index < -0.39 is 4.92 Å². The van der Waals surface area contributed by atoms with Crippen molar-refractivity contribution < 1.29 is 18.9 Å². The molecule has 7 heteroatoms. The second-order valence-corrected chi connectivity index (χ2v) is 10.3. The normalized spacial score (nSPS) is 11.4. The monoisotopic (exact) mass is 536 g/mol. The number of nitrogens with zero attached hydrogens (tertiary/aromatic N) is 2. The van der Waals surface area contributed by atoms with Crippen molar-refractivity contribution in [1.82, 2.24) is 4.90 Å². The molecular weight excluding hydrogens is 492 g/mol. The molecule has 0 saturated carbocycles. The lowest BCUT2D eigenvalue weighted by molar-refractivity contribution is -0.384. The van der Waals surface area contributed by atoms with E-state index in [1.165, 1.54) is 57.3 Å². The van der Waals surface area contributed by atoms with Gasteiger partial charge in [-0.3, -0.25) is 14.9 Å². The molecule has 0 atom stereocenters. The van der Waals surface area contributed by atoms with Crippen LogP contribution in [0.15, 0.2) is 46.9 Å². The number of carbonyl (C=O) groups excluding carboxylic acids is 1. The molecule has 1 aromatic heterocycles. The highest BCUT2D eigenvalue weighted by Gasteiger charge is 2.23. The Morgan fingerprint density at radius 3 is 2.18 bits per heavy atom. The van der Waals surface area contributed by atoms with Crippen LogP contribution >= 0.6 is 0 Å². The van der Waals surface area contributed by atoms with Gasteiger partial charge in [-0.1, -0.05) is 40.0 Å². The number of rotatable bonds is 19. The second kappa shape index (κ2) is 16.0. The van der Waals surface area contributed by atoms with Crippen LogP contribution in [0.1, 0.15) is 100 Å². The number of hydrogen-bond donors (Lipinski definition) is 0. The third kappa shape index (κ3) is 8.92. The first-order valence-electron chi connectivity index (χ1n) is 14.7. The Balaban J connectivity index is 1.58. The summed E-state index contributed by atoms with van der Waals surface area (Å²) < 4.78 is 11.9. The summed E-state index contributed by atoms with van der Waals surface area (Å²) in [5, 5.41) is 11.8. The maximum Gasteiger partial charge on any atom is 0.270 e. The number of hydrogen-bond acceptors (Lipinski definition) is 6. The number of nitro groups is 1. The fourth-order valence-electron chi connectivity index (χ4n) is 4.76. The molecule has 1 heterocycles. The van der Waals surface area contributed by atoms with Crippen molar-refractivity contribution in [2.24, 2.45) is 0 Å². The van der Waals surface area contributed by atoms with Gasteiger partial charge >= 0.3 is 0 Å². The van der Waals surface area contributed by atoms with Gasteiger partial charge < -0.3 is 14.1 Å². The average molecular weight is 537 g/mol. The summed E-state index contributed by atoms with van der Waals surface area (Å²) >= 11 is 0. The molecule has 0 aliphatic rings. The molecular formula is C32H44N2O5. The molecule has 0 fully saturated rings. The van der Waals surface area contributed by atoms with E-state index in [1.54, 1.807) is 18.2 Å². The van der Waals surface area contributed by atoms with Gasteiger partial charge in [-0.05, 0) is 88.5 Å². The van der Waals surface area contributed by atoms with E-state index in [1.807, 2.05) is 12.1 Å². The Kier molecular flexibility index (Phi) is 12.5. The molecule has 0 saturated heterocycles. The number of ether oxygens (including phenoxy) is 1. The number of unbranched alkanes of at least 4 members (excludes halogenated alkanes) is 5. The van der Waals surface area contributed by atoms with Gasteiger partial charge in [-0.15, -0.1) is 0 Å². The van der Waals surface area contributed by atoms with Crippen LogP contribution in [0.5, 0.6) is 5.75 Å². The Morgan fingerprint density at radius 1 is 0.872 bits per heavy atom. The molecule has 212 valence electrons. The van der Waals surface area contributed by atoms with Crippen molar-refractivity contribution in [2.45, 2.75) is 85.0 Å². The number of non-ortho nitro benzene ring substituents is 1. The highest BCUT2D eigenvalue weighted by atomic mass is 16.6. The first kappa shape index (κ1) is 30.4. The lowest BCUT2D eigenvalue weighted by Crippen LogP contribution is -2.27. The minimum Gasteiger partial charge on any atom is -0.494 e. The van der Waals surface area contributed by atoms with Crippen LogP contribution in [0.3, 0.4) is 0 Å². The standard InChI is InChI=1S/C32H44N2O5/c1-4-7-13-30-31(28-24-26(34(36)37)16-19-29(28)39-30)32(35)25-14-17-27(18-15-25)38-23-12-10-11-22-33(20-8-5-2)21-9-6-3/h14-19,24H,4-13,20-23H2,1-3H3. The summed E-state index contributed by atoms with van der Waals surface area (Å²) in [7, 11) is 0. The Bertz CT molecular complexity index is 1180. The number of ketones is 1. The lowest BCUT2D eigenvalue weighted by atomic mass is 9.98. The lowest BCUT2D eigenvalue weighted by Gasteiger charge is -2.21. The predicted molar refractivity (Wildman–Crippen MR) is 157 cm³/mol. The van der Waals surface area contributed by atoms with Gasteiger partial charge in [0.25, 0.3) is 5.69 Å². The van der Waals surface area contributed by atoms with Gasteiger partial charge in [0.2, 0.25) is 0 Å². The zero-order valence-electron chi connectivity index (χ0n) is 23.9. The van der Waals surface area contributed by atoms with Crippen molar-refractivity contribution in [2.75, 3.05) is 26.2 Å². The van der Waals surface area contributed by atoms with Crippen molar-refractivity contribution in [3.8, 4) is 5.75 Å². The molecule has 0 aliphatic carbocycles. The SMILES string of the molecule is CCCCc1oc2ccc([N+](=O)[O-])cc2c1C(=O)c1ccc(OCCCCCN(CCCC)CCCC)cc1. The molecule has 39 heavy (non-hydrogen) atoms. The number of fused-ring (bicyclic) bond motifs is 1. The van der Waals surface area contributed by atoms with Crippen LogP contribution in [0.25, 0.3) is 11.0 Å². The Labute approximate surface area is 232 Å². The molecule has 0 bridgehead atoms. The third-order valence-electron chi connectivity index (χ3n) is 7.10. The highest BCUT2D eigenvalue weighted by Crippen LogP contribution is 2.32. The second-order valence-electron chi connectivity index (χ2n) is 10.3. The third-order valence-corrected chi connectivity index (χ3v) is 7.10. The quantitative estimate of drug-likeness (QED) is 0.0662. The minimum atomic E-state index is -0.451. The summed E-state index contributed by atoms with van der Waals surface area (Å²) in [6, 6.07) is 11.6. The van der Waals surface area contributed by atoms with Gasteiger partial charge in [-0.25, -0.2) is 0 Å². The minimum absolute atomic E-state index is 0.0576. The molecule has 3 rings (SSSR count). The largest absolute Gasteiger partial charge is 0.494 e. The van der Waals surface area contributed by atoms with Crippen molar-refractivity contribution in [3.05, 3.63) is 69.5 Å². The summed E-state index contributed by atoms with van der Waals surface area (Å²) in [5.41, 5.74) is 1.36. The van der Waals surface area contributed by atoms with Crippen LogP contribution in [0.2, 0.25) is 0 Å². The predicted octanol–water partition coefficient (Wildman–Crippen LogP) is 8.37. The van der Waals surface area contributed by atoms with Crippen molar-refractivity contribution in [1.29, 1.82) is 0 Å². The average Bonchev–Trinajstić information content (AvgIpc) is 3.32. The van der Waals surface area contributed by atoms with E-state index in [2.05, 4.69) is 25.7 Å². The molecule has 0 amide bonds. The maximum absolute atomic E-state index is 13.5. The molecule has 0 radical (unpaired) electrons. The fourth-order valence-corrected chi connectivity index (χ4v) is 4.76. The first-order valence-corrected chi connectivity index (χ1v) is 14.7. The van der Waals surface area contributed by atoms with Gasteiger partial charge in [0, 0.05) is 29.5 Å². The zero-order valence-corrected chi connectivity index (χ0v) is 23.9. The van der Waals surface area contributed by atoms with Crippen LogP contribution < -0.4 is 4.74 Å². The number of benzene rings is 2. The van der Waals surface area contributed by atoms with E-state index in [-0.39, 0.29) is 11.5 Å². The van der Waals surface area contributed by atoms with Gasteiger partial charge in [0.1, 0.15) is 17.1 Å².